The third kappa shape index (κ3) is 3.26. The molecule has 1 unspecified atom stereocenters. The van der Waals surface area contributed by atoms with Gasteiger partial charge in [-0.2, -0.15) is 4.39 Å². The van der Waals surface area contributed by atoms with Gasteiger partial charge in [0, 0.05) is 25.7 Å². The van der Waals surface area contributed by atoms with E-state index in [2.05, 4.69) is 15.6 Å². The van der Waals surface area contributed by atoms with Crippen molar-refractivity contribution < 1.29 is 23.1 Å². The minimum atomic E-state index is -1.51. The van der Waals surface area contributed by atoms with Crippen molar-refractivity contribution in [2.24, 2.45) is 0 Å². The topological polar surface area (TPSA) is 96.2 Å². The fourth-order valence-electron chi connectivity index (χ4n) is 3.54. The molecule has 1 aliphatic rings. The summed E-state index contributed by atoms with van der Waals surface area (Å²) >= 11 is 0. The van der Waals surface area contributed by atoms with Gasteiger partial charge in [-0.15, -0.1) is 0 Å². The summed E-state index contributed by atoms with van der Waals surface area (Å²) in [5, 5.41) is 15.7. The molecule has 0 aliphatic carbocycles. The van der Waals surface area contributed by atoms with Gasteiger partial charge in [-0.1, -0.05) is 0 Å². The molecule has 2 aromatic heterocycles. The maximum absolute atomic E-state index is 14.7. The number of carboxylic acid groups (broad SMARTS) is 1. The predicted octanol–water partition coefficient (Wildman–Crippen LogP) is 1.74. The minimum Gasteiger partial charge on any atom is -0.477 e. The summed E-state index contributed by atoms with van der Waals surface area (Å²) in [4.78, 5) is 28.6. The third-order valence-electron chi connectivity index (χ3n) is 4.76. The highest BCUT2D eigenvalue weighted by Crippen LogP contribution is 2.28. The number of hydrogen-bond donors (Lipinski definition) is 3. The molecule has 29 heavy (non-hydrogen) atoms. The fourth-order valence-corrected chi connectivity index (χ4v) is 3.54. The third-order valence-corrected chi connectivity index (χ3v) is 4.76. The lowest BCUT2D eigenvalue weighted by molar-refractivity contribution is 0.0692. The molecular formula is C19H15F3N4O3. The Kier molecular flexibility index (Phi) is 4.81. The Labute approximate surface area is 161 Å². The van der Waals surface area contributed by atoms with Crippen molar-refractivity contribution in [3.63, 3.8) is 0 Å². The molecule has 1 aliphatic heterocycles. The second-order valence-electron chi connectivity index (χ2n) is 6.54. The largest absolute Gasteiger partial charge is 0.477 e. The van der Waals surface area contributed by atoms with Crippen LogP contribution < -0.4 is 16.1 Å². The number of piperazine rings is 1. The lowest BCUT2D eigenvalue weighted by atomic mass is 10.0. The van der Waals surface area contributed by atoms with Gasteiger partial charge in [0.25, 0.3) is 0 Å². The van der Waals surface area contributed by atoms with Crippen LogP contribution in [0.25, 0.3) is 16.7 Å². The van der Waals surface area contributed by atoms with Gasteiger partial charge in [0.05, 0.1) is 22.8 Å². The molecule has 7 nitrogen and oxygen atoms in total. The molecule has 0 radical (unpaired) electrons. The molecule has 0 bridgehead atoms. The lowest BCUT2D eigenvalue weighted by Gasteiger charge is -2.29. The second-order valence-corrected chi connectivity index (χ2v) is 6.54. The van der Waals surface area contributed by atoms with E-state index in [0.29, 0.717) is 19.2 Å². The van der Waals surface area contributed by atoms with Crippen LogP contribution in [0.3, 0.4) is 0 Å². The van der Waals surface area contributed by atoms with Crippen molar-refractivity contribution >= 4 is 17.0 Å². The maximum atomic E-state index is 14.7. The molecule has 0 spiro atoms. The lowest BCUT2D eigenvalue weighted by Crippen LogP contribution is -2.45. The number of fused-ring (bicyclic) bond motifs is 1. The standard InChI is InChI=1S/C19H15F3N4O3/c20-9-1-3-13(11(21)7-9)26-16(12-8-23-5-6-24-12)15(19(28)29)17(27)10-2-4-14(22)25-18(10)26/h1-4,7,12,23-24H,5-6,8H2,(H,28,29). The molecule has 1 fully saturated rings. The van der Waals surface area contributed by atoms with Gasteiger partial charge < -0.3 is 15.7 Å². The van der Waals surface area contributed by atoms with Gasteiger partial charge in [-0.05, 0) is 24.3 Å². The fraction of sp³-hybridized carbons (Fsp3) is 0.211. The number of carboxylic acids is 1. The monoisotopic (exact) mass is 404 g/mol. The van der Waals surface area contributed by atoms with Crippen LogP contribution >= 0.6 is 0 Å². The SMILES string of the molecule is O=C(O)c1c(C2CNCCN2)n(-c2ccc(F)cc2F)c2nc(F)ccc2c1=O. The molecule has 0 saturated carbocycles. The van der Waals surface area contributed by atoms with Gasteiger partial charge in [0.1, 0.15) is 17.2 Å². The minimum absolute atomic E-state index is 0.0918. The highest BCUT2D eigenvalue weighted by Gasteiger charge is 2.30. The number of aromatic nitrogens is 2. The Morgan fingerprint density at radius 2 is 1.97 bits per heavy atom. The molecule has 0 amide bonds. The van der Waals surface area contributed by atoms with Crippen LogP contribution in [0, 0.1) is 17.6 Å². The van der Waals surface area contributed by atoms with Gasteiger partial charge in [-0.3, -0.25) is 9.36 Å². The molecular weight excluding hydrogens is 389 g/mol. The number of nitrogens with zero attached hydrogens (tertiary/aromatic N) is 2. The highest BCUT2D eigenvalue weighted by atomic mass is 19.1. The zero-order chi connectivity index (χ0) is 20.7. The summed E-state index contributed by atoms with van der Waals surface area (Å²) in [7, 11) is 0. The molecule has 1 atom stereocenters. The van der Waals surface area contributed by atoms with Crippen LogP contribution in [0.1, 0.15) is 22.1 Å². The van der Waals surface area contributed by atoms with Crippen molar-refractivity contribution in [1.82, 2.24) is 20.2 Å². The van der Waals surface area contributed by atoms with Gasteiger partial charge in [0.2, 0.25) is 11.4 Å². The number of rotatable bonds is 3. The highest BCUT2D eigenvalue weighted by molar-refractivity contribution is 5.94. The van der Waals surface area contributed by atoms with Crippen molar-refractivity contribution in [3.05, 3.63) is 69.4 Å². The number of nitrogens with one attached hydrogen (secondary N) is 2. The van der Waals surface area contributed by atoms with E-state index in [1.807, 2.05) is 0 Å². The Morgan fingerprint density at radius 3 is 2.62 bits per heavy atom. The van der Waals surface area contributed by atoms with E-state index in [-0.39, 0.29) is 29.0 Å². The number of aromatic carboxylic acids is 1. The van der Waals surface area contributed by atoms with Crippen LogP contribution in [0.4, 0.5) is 13.2 Å². The van der Waals surface area contributed by atoms with Crippen molar-refractivity contribution in [2.75, 3.05) is 19.6 Å². The van der Waals surface area contributed by atoms with E-state index in [9.17, 15) is 27.9 Å². The molecule has 150 valence electrons. The summed E-state index contributed by atoms with van der Waals surface area (Å²) in [5.74, 6) is -4.30. The Hall–Kier alpha value is -3.24. The smallest absolute Gasteiger partial charge is 0.341 e. The molecule has 1 saturated heterocycles. The van der Waals surface area contributed by atoms with Gasteiger partial charge >= 0.3 is 5.97 Å². The van der Waals surface area contributed by atoms with E-state index < -0.39 is 40.6 Å². The average molecular weight is 404 g/mol. The zero-order valence-electron chi connectivity index (χ0n) is 14.9. The molecule has 3 heterocycles. The van der Waals surface area contributed by atoms with Crippen LogP contribution in [0.2, 0.25) is 0 Å². The first-order chi connectivity index (χ1) is 13.9. The van der Waals surface area contributed by atoms with Crippen LogP contribution in [0.15, 0.2) is 35.1 Å². The van der Waals surface area contributed by atoms with Crippen LogP contribution in [-0.2, 0) is 0 Å². The first-order valence-electron chi connectivity index (χ1n) is 8.76. The van der Waals surface area contributed by atoms with E-state index in [4.69, 9.17) is 0 Å². The average Bonchev–Trinajstić information content (AvgIpc) is 2.68. The number of carbonyl (C=O) groups is 1. The number of halogens is 3. The molecule has 4 rings (SSSR count). The van der Waals surface area contributed by atoms with Gasteiger partial charge in [-0.25, -0.2) is 18.6 Å². The Morgan fingerprint density at radius 1 is 1.17 bits per heavy atom. The summed E-state index contributed by atoms with van der Waals surface area (Å²) in [6.07, 6.45) is 0. The summed E-state index contributed by atoms with van der Waals surface area (Å²) in [6, 6.07) is 4.00. The zero-order valence-corrected chi connectivity index (χ0v) is 14.9. The van der Waals surface area contributed by atoms with E-state index in [1.54, 1.807) is 0 Å². The Bertz CT molecular complexity index is 1190. The first kappa shape index (κ1) is 19.1. The molecule has 3 N–H and O–H groups in total. The second kappa shape index (κ2) is 7.30. The summed E-state index contributed by atoms with van der Waals surface area (Å²) < 4.78 is 43.2. The quantitative estimate of drug-likeness (QED) is 0.576. The number of benzene rings is 1. The number of pyridine rings is 2. The first-order valence-corrected chi connectivity index (χ1v) is 8.76. The summed E-state index contributed by atoms with van der Waals surface area (Å²) in [6.45, 7) is 1.30. The molecule has 1 aromatic carbocycles. The normalized spacial score (nSPS) is 16.9. The van der Waals surface area contributed by atoms with Crippen molar-refractivity contribution in [3.8, 4) is 5.69 Å². The molecule has 10 heteroatoms. The molecule has 3 aromatic rings. The maximum Gasteiger partial charge on any atom is 0.341 e. The van der Waals surface area contributed by atoms with Crippen LogP contribution in [-0.4, -0.2) is 40.3 Å². The predicted molar refractivity (Wildman–Crippen MR) is 97.8 cm³/mol. The van der Waals surface area contributed by atoms with Crippen molar-refractivity contribution in [1.29, 1.82) is 0 Å². The summed E-state index contributed by atoms with van der Waals surface area (Å²) in [5.41, 5.74) is -2.05. The Balaban J connectivity index is 2.20. The van der Waals surface area contributed by atoms with Gasteiger partial charge in [0.15, 0.2) is 5.65 Å². The van der Waals surface area contributed by atoms with E-state index >= 15 is 0 Å². The number of hydrogen-bond acceptors (Lipinski definition) is 5. The van der Waals surface area contributed by atoms with Crippen LogP contribution in [0.5, 0.6) is 0 Å². The van der Waals surface area contributed by atoms with Crippen molar-refractivity contribution in [2.45, 2.75) is 6.04 Å². The van der Waals surface area contributed by atoms with E-state index in [0.717, 1.165) is 28.8 Å². The van der Waals surface area contributed by atoms with E-state index in [1.165, 1.54) is 0 Å².